The lowest BCUT2D eigenvalue weighted by Crippen LogP contribution is -2.09. The van der Waals surface area contributed by atoms with Crippen molar-refractivity contribution in [2.45, 2.75) is 89.9 Å². The van der Waals surface area contributed by atoms with Gasteiger partial charge in [0.25, 0.3) is 0 Å². The van der Waals surface area contributed by atoms with Crippen LogP contribution in [0.15, 0.2) is 18.3 Å². The van der Waals surface area contributed by atoms with E-state index in [-0.39, 0.29) is 0 Å². The summed E-state index contributed by atoms with van der Waals surface area (Å²) in [6.07, 6.45) is 15.6. The van der Waals surface area contributed by atoms with Crippen LogP contribution in [0.3, 0.4) is 0 Å². The molecular formula is C19H31N. The van der Waals surface area contributed by atoms with E-state index in [1.165, 1.54) is 69.9 Å². The molecule has 2 rings (SSSR count). The summed E-state index contributed by atoms with van der Waals surface area (Å²) in [6.45, 7) is 4.65. The minimum Gasteiger partial charge on any atom is -0.261 e. The maximum atomic E-state index is 4.82. The van der Waals surface area contributed by atoms with Gasteiger partial charge in [0, 0.05) is 17.8 Å². The first kappa shape index (κ1) is 15.5. The SMILES string of the molecule is CCCC1CCCCCCCC(CC)c2cccnc21. The van der Waals surface area contributed by atoms with E-state index in [4.69, 9.17) is 4.98 Å². The molecule has 1 heteroatoms. The van der Waals surface area contributed by atoms with Gasteiger partial charge in [0.1, 0.15) is 0 Å². The standard InChI is InChI=1S/C19H31N/c1-3-11-17-13-9-7-5-6-8-12-16(4-2)18-14-10-15-20-19(17)18/h10,14-17H,3-9,11-13H2,1-2H3. The van der Waals surface area contributed by atoms with Crippen molar-refractivity contribution in [3.05, 3.63) is 29.6 Å². The minimum absolute atomic E-state index is 0.698. The van der Waals surface area contributed by atoms with Crippen molar-refractivity contribution >= 4 is 0 Å². The van der Waals surface area contributed by atoms with E-state index in [0.29, 0.717) is 5.92 Å². The average Bonchev–Trinajstić information content (AvgIpc) is 2.52. The molecule has 1 nitrogen and oxygen atoms in total. The van der Waals surface area contributed by atoms with Crippen LogP contribution >= 0.6 is 0 Å². The van der Waals surface area contributed by atoms with Crippen molar-refractivity contribution < 1.29 is 0 Å². The molecule has 0 bridgehead atoms. The Kier molecular flexibility index (Phi) is 6.56. The Morgan fingerprint density at radius 3 is 2.40 bits per heavy atom. The van der Waals surface area contributed by atoms with E-state index in [9.17, 15) is 0 Å². The van der Waals surface area contributed by atoms with Crippen LogP contribution < -0.4 is 0 Å². The van der Waals surface area contributed by atoms with Crippen molar-refractivity contribution in [1.29, 1.82) is 0 Å². The molecule has 1 aromatic rings. The molecular weight excluding hydrogens is 242 g/mol. The van der Waals surface area contributed by atoms with Gasteiger partial charge in [-0.2, -0.15) is 0 Å². The molecule has 20 heavy (non-hydrogen) atoms. The molecule has 0 amide bonds. The van der Waals surface area contributed by atoms with Gasteiger partial charge in [-0.15, -0.1) is 0 Å². The first-order chi connectivity index (χ1) is 9.86. The van der Waals surface area contributed by atoms with Gasteiger partial charge in [-0.25, -0.2) is 0 Å². The fourth-order valence-corrected chi connectivity index (χ4v) is 3.77. The van der Waals surface area contributed by atoms with Crippen molar-refractivity contribution in [3.8, 4) is 0 Å². The fourth-order valence-electron chi connectivity index (χ4n) is 3.77. The van der Waals surface area contributed by atoms with Crippen LogP contribution in [0.2, 0.25) is 0 Å². The van der Waals surface area contributed by atoms with Gasteiger partial charge in [0.2, 0.25) is 0 Å². The Labute approximate surface area is 125 Å². The van der Waals surface area contributed by atoms with E-state index in [2.05, 4.69) is 26.0 Å². The van der Waals surface area contributed by atoms with Gasteiger partial charge in [0.05, 0.1) is 0 Å². The number of pyridine rings is 1. The molecule has 1 aromatic heterocycles. The summed E-state index contributed by atoms with van der Waals surface area (Å²) in [6, 6.07) is 4.50. The van der Waals surface area contributed by atoms with E-state index in [1.807, 2.05) is 6.20 Å². The summed E-state index contributed by atoms with van der Waals surface area (Å²) in [5.74, 6) is 1.43. The average molecular weight is 273 g/mol. The zero-order valence-electron chi connectivity index (χ0n) is 13.4. The lowest BCUT2D eigenvalue weighted by atomic mass is 9.84. The van der Waals surface area contributed by atoms with Crippen LogP contribution in [0.4, 0.5) is 0 Å². The molecule has 0 spiro atoms. The van der Waals surface area contributed by atoms with Crippen molar-refractivity contribution in [2.24, 2.45) is 0 Å². The number of fused-ring (bicyclic) bond motifs is 1. The fraction of sp³-hybridized carbons (Fsp3) is 0.737. The number of nitrogens with zero attached hydrogens (tertiary/aromatic N) is 1. The molecule has 0 N–H and O–H groups in total. The highest BCUT2D eigenvalue weighted by molar-refractivity contribution is 5.27. The minimum atomic E-state index is 0.698. The van der Waals surface area contributed by atoms with Crippen molar-refractivity contribution in [2.75, 3.05) is 0 Å². The van der Waals surface area contributed by atoms with Crippen molar-refractivity contribution in [3.63, 3.8) is 0 Å². The summed E-state index contributed by atoms with van der Waals surface area (Å²) >= 11 is 0. The largest absolute Gasteiger partial charge is 0.261 e. The lowest BCUT2D eigenvalue weighted by Gasteiger charge is -2.23. The van der Waals surface area contributed by atoms with Gasteiger partial charge >= 0.3 is 0 Å². The molecule has 0 aromatic carbocycles. The highest BCUT2D eigenvalue weighted by Crippen LogP contribution is 2.36. The van der Waals surface area contributed by atoms with E-state index < -0.39 is 0 Å². The van der Waals surface area contributed by atoms with Crippen LogP contribution in [0.1, 0.15) is 101 Å². The van der Waals surface area contributed by atoms with Crippen molar-refractivity contribution in [1.82, 2.24) is 4.98 Å². The molecule has 1 heterocycles. The maximum Gasteiger partial charge on any atom is 0.0469 e. The summed E-state index contributed by atoms with van der Waals surface area (Å²) in [5, 5.41) is 0. The van der Waals surface area contributed by atoms with Crippen LogP contribution in [0, 0.1) is 0 Å². The summed E-state index contributed by atoms with van der Waals surface area (Å²) in [4.78, 5) is 4.82. The number of hydrogen-bond acceptors (Lipinski definition) is 1. The first-order valence-corrected chi connectivity index (χ1v) is 8.81. The van der Waals surface area contributed by atoms with E-state index in [1.54, 1.807) is 5.56 Å². The number of hydrogen-bond donors (Lipinski definition) is 0. The Balaban J connectivity index is 2.29. The second-order valence-electron chi connectivity index (χ2n) is 6.41. The highest BCUT2D eigenvalue weighted by Gasteiger charge is 2.21. The summed E-state index contributed by atoms with van der Waals surface area (Å²) < 4.78 is 0. The highest BCUT2D eigenvalue weighted by atomic mass is 14.7. The molecule has 0 aliphatic heterocycles. The number of rotatable bonds is 3. The van der Waals surface area contributed by atoms with Gasteiger partial charge in [-0.05, 0) is 43.2 Å². The Hall–Kier alpha value is -0.850. The van der Waals surface area contributed by atoms with Crippen LogP contribution in [-0.2, 0) is 0 Å². The van der Waals surface area contributed by atoms with E-state index in [0.717, 1.165) is 5.92 Å². The third-order valence-corrected chi connectivity index (χ3v) is 4.93. The normalized spacial score (nSPS) is 24.7. The molecule has 1 aliphatic rings. The third kappa shape index (κ3) is 4.07. The Morgan fingerprint density at radius 2 is 1.70 bits per heavy atom. The zero-order chi connectivity index (χ0) is 14.2. The quantitative estimate of drug-likeness (QED) is 0.638. The molecule has 0 saturated carbocycles. The molecule has 0 fully saturated rings. The topological polar surface area (TPSA) is 12.9 Å². The van der Waals surface area contributed by atoms with Crippen LogP contribution in [-0.4, -0.2) is 4.98 Å². The Morgan fingerprint density at radius 1 is 1.00 bits per heavy atom. The maximum absolute atomic E-state index is 4.82. The summed E-state index contributed by atoms with van der Waals surface area (Å²) in [5.41, 5.74) is 3.00. The monoisotopic (exact) mass is 273 g/mol. The second-order valence-corrected chi connectivity index (χ2v) is 6.41. The smallest absolute Gasteiger partial charge is 0.0469 e. The van der Waals surface area contributed by atoms with Crippen LogP contribution in [0.25, 0.3) is 0 Å². The van der Waals surface area contributed by atoms with Gasteiger partial charge in [0.15, 0.2) is 0 Å². The first-order valence-electron chi connectivity index (χ1n) is 8.81. The number of aromatic nitrogens is 1. The molecule has 0 radical (unpaired) electrons. The van der Waals surface area contributed by atoms with Crippen LogP contribution in [0.5, 0.6) is 0 Å². The predicted octanol–water partition coefficient (Wildman–Crippen LogP) is 6.20. The lowest BCUT2D eigenvalue weighted by molar-refractivity contribution is 0.508. The molecule has 2 atom stereocenters. The molecule has 1 aliphatic carbocycles. The molecule has 112 valence electrons. The van der Waals surface area contributed by atoms with Gasteiger partial charge in [-0.3, -0.25) is 4.98 Å². The Bertz CT molecular complexity index is 385. The van der Waals surface area contributed by atoms with Gasteiger partial charge < -0.3 is 0 Å². The third-order valence-electron chi connectivity index (χ3n) is 4.93. The summed E-state index contributed by atoms with van der Waals surface area (Å²) in [7, 11) is 0. The van der Waals surface area contributed by atoms with E-state index >= 15 is 0 Å². The predicted molar refractivity (Wildman–Crippen MR) is 87.2 cm³/mol. The van der Waals surface area contributed by atoms with Gasteiger partial charge in [-0.1, -0.05) is 58.4 Å². The molecule has 0 saturated heterocycles. The zero-order valence-corrected chi connectivity index (χ0v) is 13.4. The second kappa shape index (κ2) is 8.44. The molecule has 2 unspecified atom stereocenters.